The molecule has 3 heteroatoms. The molecule has 1 aliphatic rings. The normalized spacial score (nSPS) is 18.5. The number of carbonyl (C=O) groups is 1. The van der Waals surface area contributed by atoms with Gasteiger partial charge < -0.3 is 9.47 Å². The minimum Gasteiger partial charge on any atom is -0.442 e. The van der Waals surface area contributed by atoms with Crippen molar-refractivity contribution in [1.29, 1.82) is 0 Å². The van der Waals surface area contributed by atoms with Crippen LogP contribution in [0.3, 0.4) is 0 Å². The van der Waals surface area contributed by atoms with E-state index in [4.69, 9.17) is 9.47 Å². The summed E-state index contributed by atoms with van der Waals surface area (Å²) in [6.07, 6.45) is 1.26. The van der Waals surface area contributed by atoms with E-state index in [9.17, 15) is 4.79 Å². The highest BCUT2D eigenvalue weighted by Gasteiger charge is 2.34. The molecule has 0 radical (unpaired) electrons. The van der Waals surface area contributed by atoms with Crippen molar-refractivity contribution in [3.8, 4) is 11.8 Å². The van der Waals surface area contributed by atoms with Gasteiger partial charge in [0.25, 0.3) is 0 Å². The smallest absolute Gasteiger partial charge is 0.334 e. The largest absolute Gasteiger partial charge is 0.442 e. The van der Waals surface area contributed by atoms with Gasteiger partial charge in [0.15, 0.2) is 5.60 Å². The van der Waals surface area contributed by atoms with E-state index < -0.39 is 5.60 Å². The van der Waals surface area contributed by atoms with Gasteiger partial charge in [-0.1, -0.05) is 12.5 Å². The van der Waals surface area contributed by atoms with Crippen LogP contribution in [0.1, 0.15) is 26.7 Å². The quantitative estimate of drug-likeness (QED) is 0.393. The van der Waals surface area contributed by atoms with Crippen LogP contribution in [0.15, 0.2) is 12.2 Å². The molecule has 1 rings (SSSR count). The fourth-order valence-electron chi connectivity index (χ4n) is 1.45. The number of ether oxygens (including phenoxy) is 2. The van der Waals surface area contributed by atoms with E-state index in [1.165, 1.54) is 0 Å². The highest BCUT2D eigenvalue weighted by Crippen LogP contribution is 2.25. The fourth-order valence-corrected chi connectivity index (χ4v) is 1.45. The third-order valence-electron chi connectivity index (χ3n) is 2.29. The van der Waals surface area contributed by atoms with Crippen molar-refractivity contribution >= 4 is 5.97 Å². The highest BCUT2D eigenvalue weighted by molar-refractivity contribution is 5.87. The standard InChI is InChI=1S/C12H16O3/c1-4-5-12(6-8-14-9-7-12)15-11(13)10(2)3/h2,6-9H2,1,3H3. The van der Waals surface area contributed by atoms with Crippen molar-refractivity contribution in [2.45, 2.75) is 32.3 Å². The van der Waals surface area contributed by atoms with Crippen LogP contribution in [0.5, 0.6) is 0 Å². The molecule has 0 N–H and O–H groups in total. The van der Waals surface area contributed by atoms with Crippen LogP contribution in [0.25, 0.3) is 0 Å². The molecule has 15 heavy (non-hydrogen) atoms. The Hall–Kier alpha value is -1.27. The molecular formula is C12H16O3. The van der Waals surface area contributed by atoms with E-state index in [-0.39, 0.29) is 5.97 Å². The van der Waals surface area contributed by atoms with E-state index in [0.717, 1.165) is 0 Å². The van der Waals surface area contributed by atoms with Crippen molar-refractivity contribution in [2.75, 3.05) is 13.2 Å². The fraction of sp³-hybridized carbons (Fsp3) is 0.583. The number of esters is 1. The first-order chi connectivity index (χ1) is 7.09. The Morgan fingerprint density at radius 3 is 2.53 bits per heavy atom. The van der Waals surface area contributed by atoms with Crippen molar-refractivity contribution in [3.05, 3.63) is 12.2 Å². The Morgan fingerprint density at radius 1 is 1.47 bits per heavy atom. The van der Waals surface area contributed by atoms with Crippen molar-refractivity contribution in [2.24, 2.45) is 0 Å². The first-order valence-electron chi connectivity index (χ1n) is 5.00. The van der Waals surface area contributed by atoms with E-state index >= 15 is 0 Å². The first kappa shape index (κ1) is 11.8. The van der Waals surface area contributed by atoms with Gasteiger partial charge in [-0.3, -0.25) is 0 Å². The van der Waals surface area contributed by atoms with Gasteiger partial charge in [0.05, 0.1) is 13.2 Å². The summed E-state index contributed by atoms with van der Waals surface area (Å²) in [7, 11) is 0. The summed E-state index contributed by atoms with van der Waals surface area (Å²) in [5, 5.41) is 0. The minimum absolute atomic E-state index is 0.375. The summed E-state index contributed by atoms with van der Waals surface area (Å²) in [5.41, 5.74) is -0.262. The lowest BCUT2D eigenvalue weighted by Crippen LogP contribution is -2.39. The van der Waals surface area contributed by atoms with Crippen LogP contribution in [0.2, 0.25) is 0 Å². The lowest BCUT2D eigenvalue weighted by molar-refractivity contribution is -0.155. The van der Waals surface area contributed by atoms with Crippen LogP contribution in [-0.4, -0.2) is 24.8 Å². The Morgan fingerprint density at radius 2 is 2.07 bits per heavy atom. The summed E-state index contributed by atoms with van der Waals surface area (Å²) in [6.45, 7) is 8.10. The first-order valence-corrected chi connectivity index (χ1v) is 5.00. The maximum atomic E-state index is 11.5. The zero-order valence-corrected chi connectivity index (χ0v) is 9.26. The average Bonchev–Trinajstić information content (AvgIpc) is 2.19. The second-order valence-electron chi connectivity index (χ2n) is 3.65. The molecule has 1 heterocycles. The Labute approximate surface area is 90.4 Å². The molecule has 0 aromatic rings. The second kappa shape index (κ2) is 4.99. The molecule has 1 saturated heterocycles. The lowest BCUT2D eigenvalue weighted by Gasteiger charge is -2.32. The zero-order chi connectivity index (χ0) is 11.3. The van der Waals surface area contributed by atoms with Gasteiger partial charge in [0.2, 0.25) is 0 Å². The molecule has 3 nitrogen and oxygen atoms in total. The number of hydrogen-bond acceptors (Lipinski definition) is 3. The molecule has 0 saturated carbocycles. The molecule has 1 fully saturated rings. The van der Waals surface area contributed by atoms with Gasteiger partial charge >= 0.3 is 5.97 Å². The Bertz CT molecular complexity index is 313. The topological polar surface area (TPSA) is 35.5 Å². The van der Waals surface area contributed by atoms with Gasteiger partial charge in [-0.25, -0.2) is 4.79 Å². The Kier molecular flexibility index (Phi) is 3.93. The Balaban J connectivity index is 2.75. The highest BCUT2D eigenvalue weighted by atomic mass is 16.6. The summed E-state index contributed by atoms with van der Waals surface area (Å²) >= 11 is 0. The molecule has 0 bridgehead atoms. The van der Waals surface area contributed by atoms with E-state index in [0.29, 0.717) is 31.6 Å². The molecular weight excluding hydrogens is 192 g/mol. The zero-order valence-electron chi connectivity index (χ0n) is 9.26. The monoisotopic (exact) mass is 208 g/mol. The second-order valence-corrected chi connectivity index (χ2v) is 3.65. The maximum absolute atomic E-state index is 11.5. The average molecular weight is 208 g/mol. The van der Waals surface area contributed by atoms with Gasteiger partial charge in [0.1, 0.15) is 0 Å². The summed E-state index contributed by atoms with van der Waals surface area (Å²) in [4.78, 5) is 11.5. The van der Waals surface area contributed by atoms with E-state index in [1.807, 2.05) is 0 Å². The van der Waals surface area contributed by atoms with Crippen molar-refractivity contribution in [1.82, 2.24) is 0 Å². The van der Waals surface area contributed by atoms with Gasteiger partial charge in [-0.05, 0) is 13.8 Å². The number of hydrogen-bond donors (Lipinski definition) is 0. The molecule has 82 valence electrons. The molecule has 0 unspecified atom stereocenters. The number of rotatable bonds is 2. The predicted octanol–water partition coefficient (Wildman–Crippen LogP) is 1.68. The van der Waals surface area contributed by atoms with Crippen LogP contribution in [0, 0.1) is 11.8 Å². The molecule has 0 amide bonds. The maximum Gasteiger partial charge on any atom is 0.334 e. The molecule has 0 atom stereocenters. The molecule has 0 spiro atoms. The molecule has 1 aliphatic heterocycles. The van der Waals surface area contributed by atoms with Crippen LogP contribution in [0.4, 0.5) is 0 Å². The number of carbonyl (C=O) groups excluding carboxylic acids is 1. The minimum atomic E-state index is -0.664. The molecule has 0 aromatic heterocycles. The van der Waals surface area contributed by atoms with Crippen molar-refractivity contribution in [3.63, 3.8) is 0 Å². The molecule has 0 aromatic carbocycles. The third-order valence-corrected chi connectivity index (χ3v) is 2.29. The van der Waals surface area contributed by atoms with Crippen LogP contribution in [-0.2, 0) is 14.3 Å². The van der Waals surface area contributed by atoms with Gasteiger partial charge in [-0.15, -0.1) is 5.92 Å². The SMILES string of the molecule is C=C(C)C(=O)OC1(C#CC)CCOCC1. The van der Waals surface area contributed by atoms with E-state index in [1.54, 1.807) is 13.8 Å². The summed E-state index contributed by atoms with van der Waals surface area (Å²) < 4.78 is 10.6. The van der Waals surface area contributed by atoms with Gasteiger partial charge in [-0.2, -0.15) is 0 Å². The van der Waals surface area contributed by atoms with Crippen LogP contribution >= 0.6 is 0 Å². The lowest BCUT2D eigenvalue weighted by atomic mass is 9.94. The van der Waals surface area contributed by atoms with Crippen LogP contribution < -0.4 is 0 Å². The van der Waals surface area contributed by atoms with E-state index in [2.05, 4.69) is 18.4 Å². The third kappa shape index (κ3) is 3.10. The van der Waals surface area contributed by atoms with Gasteiger partial charge in [0, 0.05) is 18.4 Å². The summed E-state index contributed by atoms with van der Waals surface area (Å²) in [6, 6.07) is 0. The summed E-state index contributed by atoms with van der Waals surface area (Å²) in [5.74, 6) is 5.40. The van der Waals surface area contributed by atoms with Crippen molar-refractivity contribution < 1.29 is 14.3 Å². The predicted molar refractivity (Wildman–Crippen MR) is 57.1 cm³/mol. The molecule has 0 aliphatic carbocycles.